The fourth-order valence-electron chi connectivity index (χ4n) is 1.10. The second-order valence-corrected chi connectivity index (χ2v) is 2.66. The predicted molar refractivity (Wildman–Crippen MR) is 61.5 cm³/mol. The summed E-state index contributed by atoms with van der Waals surface area (Å²) in [5.74, 6) is 0. The van der Waals surface area contributed by atoms with Gasteiger partial charge in [0.1, 0.15) is 0 Å². The van der Waals surface area contributed by atoms with Crippen molar-refractivity contribution in [1.29, 1.82) is 0 Å². The topological polar surface area (TPSA) is 45.8 Å². The minimum atomic E-state index is -0.0975. The van der Waals surface area contributed by atoms with E-state index in [9.17, 15) is 4.79 Å². The lowest BCUT2D eigenvalue weighted by Crippen LogP contribution is -2.01. The number of rotatable bonds is 1. The quantitative estimate of drug-likeness (QED) is 0.717. The summed E-state index contributed by atoms with van der Waals surface area (Å²) >= 11 is 0. The summed E-state index contributed by atoms with van der Waals surface area (Å²) in [4.78, 5) is 17.5. The van der Waals surface area contributed by atoms with Gasteiger partial charge in [0.15, 0.2) is 0 Å². The zero-order valence-corrected chi connectivity index (χ0v) is 8.31. The van der Waals surface area contributed by atoms with E-state index in [1.54, 1.807) is 18.5 Å². The average Bonchev–Trinajstić information content (AvgIpc) is 2.34. The van der Waals surface area contributed by atoms with Gasteiger partial charge >= 0.3 is 0 Å². The molecule has 0 atom stereocenters. The molecule has 2 aromatic rings. The predicted octanol–water partition coefficient (Wildman–Crippen LogP) is 2.24. The monoisotopic (exact) mass is 200 g/mol. The largest absolute Gasteiger partial charge is 0.328 e. The summed E-state index contributed by atoms with van der Waals surface area (Å²) in [6.07, 6.45) is 3.38. The van der Waals surface area contributed by atoms with Gasteiger partial charge in [0.25, 0.3) is 0 Å². The van der Waals surface area contributed by atoms with Gasteiger partial charge in [-0.3, -0.25) is 9.78 Å². The first-order chi connectivity index (χ1) is 7.36. The molecule has 0 aliphatic carbocycles. The molecule has 15 heavy (non-hydrogen) atoms. The van der Waals surface area contributed by atoms with Crippen LogP contribution in [0.4, 0.5) is 0 Å². The van der Waals surface area contributed by atoms with E-state index in [4.69, 9.17) is 0 Å². The summed E-state index contributed by atoms with van der Waals surface area (Å²) in [5.41, 5.74) is 1.68. The highest BCUT2D eigenvalue weighted by atomic mass is 16.1. The van der Waals surface area contributed by atoms with Crippen molar-refractivity contribution in [1.82, 2.24) is 9.97 Å². The van der Waals surface area contributed by atoms with Gasteiger partial charge in [0.05, 0.1) is 5.69 Å². The van der Waals surface area contributed by atoms with Crippen LogP contribution in [0.3, 0.4) is 0 Å². The smallest absolute Gasteiger partial charge is 0.247 e. The van der Waals surface area contributed by atoms with Gasteiger partial charge in [-0.05, 0) is 18.2 Å². The fourth-order valence-corrected chi connectivity index (χ4v) is 1.10. The van der Waals surface area contributed by atoms with Crippen molar-refractivity contribution >= 4 is 0 Å². The Balaban J connectivity index is 0.000000531. The molecule has 0 radical (unpaired) electrons. The number of aromatic amines is 1. The maximum Gasteiger partial charge on any atom is 0.247 e. The van der Waals surface area contributed by atoms with Crippen LogP contribution in [0.5, 0.6) is 0 Å². The summed E-state index contributed by atoms with van der Waals surface area (Å²) in [6, 6.07) is 8.90. The van der Waals surface area contributed by atoms with E-state index in [1.807, 2.05) is 18.2 Å². The number of hydrogen-bond acceptors (Lipinski definition) is 2. The standard InChI is InChI=1S/C10H8N2O.C2H4/c13-10-5-4-8(7-12-10)9-3-1-2-6-11-9;1-2/h1-7H,(H,12,13);1-2H2. The minimum absolute atomic E-state index is 0.0975. The minimum Gasteiger partial charge on any atom is -0.328 e. The van der Waals surface area contributed by atoms with E-state index in [2.05, 4.69) is 23.1 Å². The highest BCUT2D eigenvalue weighted by Gasteiger charge is 1.95. The summed E-state index contributed by atoms with van der Waals surface area (Å²) in [5, 5.41) is 0. The fraction of sp³-hybridized carbons (Fsp3) is 0. The van der Waals surface area contributed by atoms with Gasteiger partial charge in [-0.1, -0.05) is 6.07 Å². The Bertz CT molecular complexity index is 442. The van der Waals surface area contributed by atoms with E-state index in [0.29, 0.717) is 0 Å². The molecule has 3 heteroatoms. The first-order valence-corrected chi connectivity index (χ1v) is 4.46. The highest BCUT2D eigenvalue weighted by molar-refractivity contribution is 5.56. The second kappa shape index (κ2) is 5.54. The van der Waals surface area contributed by atoms with E-state index >= 15 is 0 Å². The van der Waals surface area contributed by atoms with Crippen LogP contribution < -0.4 is 5.56 Å². The number of pyridine rings is 2. The maximum absolute atomic E-state index is 10.8. The lowest BCUT2D eigenvalue weighted by Gasteiger charge is -1.97. The van der Waals surface area contributed by atoms with Gasteiger partial charge in [0, 0.05) is 24.0 Å². The first kappa shape index (κ1) is 10.9. The molecule has 0 unspecified atom stereocenters. The molecule has 0 spiro atoms. The van der Waals surface area contributed by atoms with Gasteiger partial charge < -0.3 is 4.98 Å². The Morgan fingerprint density at radius 2 is 1.93 bits per heavy atom. The van der Waals surface area contributed by atoms with Gasteiger partial charge in [0.2, 0.25) is 5.56 Å². The Morgan fingerprint density at radius 1 is 1.13 bits per heavy atom. The highest BCUT2D eigenvalue weighted by Crippen LogP contribution is 2.12. The molecule has 0 bridgehead atoms. The molecule has 2 heterocycles. The molecule has 76 valence electrons. The van der Waals surface area contributed by atoms with Crippen LogP contribution in [-0.4, -0.2) is 9.97 Å². The lowest BCUT2D eigenvalue weighted by atomic mass is 10.2. The van der Waals surface area contributed by atoms with Crippen LogP contribution in [0.25, 0.3) is 11.3 Å². The SMILES string of the molecule is C=C.O=c1ccc(-c2ccccn2)c[nH]1. The molecule has 3 nitrogen and oxygen atoms in total. The van der Waals surface area contributed by atoms with Crippen molar-refractivity contribution in [3.8, 4) is 11.3 Å². The number of H-pyrrole nitrogens is 1. The molecule has 0 aliphatic rings. The van der Waals surface area contributed by atoms with Gasteiger partial charge in [-0.2, -0.15) is 0 Å². The third kappa shape index (κ3) is 2.91. The molecular formula is C12H12N2O. The van der Waals surface area contributed by atoms with Crippen molar-refractivity contribution in [3.05, 3.63) is 66.2 Å². The molecule has 2 aromatic heterocycles. The van der Waals surface area contributed by atoms with E-state index < -0.39 is 0 Å². The summed E-state index contributed by atoms with van der Waals surface area (Å²) < 4.78 is 0. The van der Waals surface area contributed by atoms with Crippen molar-refractivity contribution < 1.29 is 0 Å². The Labute approximate surface area is 88.1 Å². The summed E-state index contributed by atoms with van der Waals surface area (Å²) in [7, 11) is 0. The number of nitrogens with zero attached hydrogens (tertiary/aromatic N) is 1. The van der Waals surface area contributed by atoms with Crippen molar-refractivity contribution in [2.75, 3.05) is 0 Å². The Morgan fingerprint density at radius 3 is 2.47 bits per heavy atom. The van der Waals surface area contributed by atoms with Gasteiger partial charge in [-0.15, -0.1) is 13.2 Å². The van der Waals surface area contributed by atoms with Crippen LogP contribution in [-0.2, 0) is 0 Å². The maximum atomic E-state index is 10.8. The molecule has 0 aliphatic heterocycles. The van der Waals surface area contributed by atoms with Gasteiger partial charge in [-0.25, -0.2) is 0 Å². The normalized spacial score (nSPS) is 8.80. The van der Waals surface area contributed by atoms with Crippen LogP contribution in [0.15, 0.2) is 60.7 Å². The molecule has 0 amide bonds. The van der Waals surface area contributed by atoms with Crippen molar-refractivity contribution in [2.45, 2.75) is 0 Å². The zero-order valence-electron chi connectivity index (χ0n) is 8.31. The second-order valence-electron chi connectivity index (χ2n) is 2.66. The molecule has 0 fully saturated rings. The Kier molecular flexibility index (Phi) is 4.04. The van der Waals surface area contributed by atoms with Crippen LogP contribution in [0.1, 0.15) is 0 Å². The average molecular weight is 200 g/mol. The molecule has 0 aromatic carbocycles. The number of hydrogen-bond donors (Lipinski definition) is 1. The van der Waals surface area contributed by atoms with Crippen LogP contribution >= 0.6 is 0 Å². The van der Waals surface area contributed by atoms with Crippen molar-refractivity contribution in [2.24, 2.45) is 0 Å². The van der Waals surface area contributed by atoms with E-state index in [-0.39, 0.29) is 5.56 Å². The number of aromatic nitrogens is 2. The zero-order chi connectivity index (χ0) is 11.1. The van der Waals surface area contributed by atoms with E-state index in [1.165, 1.54) is 6.07 Å². The first-order valence-electron chi connectivity index (χ1n) is 4.46. The molecular weight excluding hydrogens is 188 g/mol. The molecule has 2 rings (SSSR count). The summed E-state index contributed by atoms with van der Waals surface area (Å²) in [6.45, 7) is 6.00. The lowest BCUT2D eigenvalue weighted by molar-refractivity contribution is 1.22. The Hall–Kier alpha value is -2.16. The number of nitrogens with one attached hydrogen (secondary N) is 1. The van der Waals surface area contributed by atoms with Crippen molar-refractivity contribution in [3.63, 3.8) is 0 Å². The molecule has 0 saturated carbocycles. The van der Waals surface area contributed by atoms with E-state index in [0.717, 1.165) is 11.3 Å². The third-order valence-corrected chi connectivity index (χ3v) is 1.74. The van der Waals surface area contributed by atoms with Crippen LogP contribution in [0.2, 0.25) is 0 Å². The molecule has 1 N–H and O–H groups in total. The molecule has 0 saturated heterocycles. The van der Waals surface area contributed by atoms with Crippen LogP contribution in [0, 0.1) is 0 Å². The third-order valence-electron chi connectivity index (χ3n) is 1.74.